The van der Waals surface area contributed by atoms with E-state index < -0.39 is 4.92 Å². The smallest absolute Gasteiger partial charge is 0.373 e. The second-order valence-corrected chi connectivity index (χ2v) is 4.08. The van der Waals surface area contributed by atoms with Crippen molar-refractivity contribution in [1.29, 1.82) is 0 Å². The molecule has 0 aliphatic carbocycles. The molecule has 0 spiro atoms. The maximum Gasteiger partial charge on any atom is 0.373 e. The number of nitro groups is 1. The number of benzene rings is 1. The third-order valence-corrected chi connectivity index (χ3v) is 2.71. The topological polar surface area (TPSA) is 90.2 Å². The summed E-state index contributed by atoms with van der Waals surface area (Å²) in [6, 6.07) is 6.87. The molecular weight excluding hydrogens is 284 g/mol. The summed E-state index contributed by atoms with van der Waals surface area (Å²) in [5, 5.41) is 14.4. The van der Waals surface area contributed by atoms with Gasteiger partial charge in [0.1, 0.15) is 6.33 Å². The molecule has 8 heteroatoms. The van der Waals surface area contributed by atoms with Gasteiger partial charge >= 0.3 is 5.69 Å². The zero-order valence-corrected chi connectivity index (χ0v) is 11.3. The van der Waals surface area contributed by atoms with E-state index in [-0.39, 0.29) is 24.0 Å². The van der Waals surface area contributed by atoms with Crippen LogP contribution in [0.3, 0.4) is 0 Å². The van der Waals surface area contributed by atoms with Gasteiger partial charge in [0.05, 0.1) is 22.2 Å². The maximum absolute atomic E-state index is 11.2. The average molecular weight is 295 g/mol. The Hall–Kier alpha value is -2.41. The molecule has 0 atom stereocenters. The van der Waals surface area contributed by atoms with Gasteiger partial charge in [-0.3, -0.25) is 10.1 Å². The fourth-order valence-corrected chi connectivity index (χ4v) is 1.73. The van der Waals surface area contributed by atoms with Crippen molar-refractivity contribution in [3.63, 3.8) is 0 Å². The van der Waals surface area contributed by atoms with Gasteiger partial charge < -0.3 is 10.1 Å². The Bertz CT molecular complexity index is 636. The van der Waals surface area contributed by atoms with Crippen molar-refractivity contribution in [2.24, 2.45) is 0 Å². The molecule has 0 amide bonds. The van der Waals surface area contributed by atoms with Crippen molar-refractivity contribution >= 4 is 28.8 Å². The first-order valence-electron chi connectivity index (χ1n) is 5.77. The van der Waals surface area contributed by atoms with Gasteiger partial charge in [-0.15, -0.1) is 0 Å². The molecule has 0 bridgehead atoms. The zero-order valence-electron chi connectivity index (χ0n) is 10.5. The Morgan fingerprint density at radius 1 is 1.40 bits per heavy atom. The number of nitrogens with zero attached hydrogens (tertiary/aromatic N) is 3. The van der Waals surface area contributed by atoms with Gasteiger partial charge in [-0.25, -0.2) is 4.98 Å². The first kappa shape index (κ1) is 14.0. The van der Waals surface area contributed by atoms with Crippen LogP contribution in [-0.4, -0.2) is 21.5 Å². The molecule has 0 aliphatic heterocycles. The Kier molecular flexibility index (Phi) is 4.31. The van der Waals surface area contributed by atoms with Crippen LogP contribution in [0.4, 0.5) is 17.2 Å². The van der Waals surface area contributed by atoms with Gasteiger partial charge in [0.15, 0.2) is 0 Å². The fourth-order valence-electron chi connectivity index (χ4n) is 1.55. The van der Waals surface area contributed by atoms with Crippen molar-refractivity contribution in [1.82, 2.24) is 9.97 Å². The number of rotatable bonds is 5. The highest BCUT2D eigenvalue weighted by atomic mass is 35.5. The minimum absolute atomic E-state index is 0.0292. The quantitative estimate of drug-likeness (QED) is 0.673. The number of hydrogen-bond acceptors (Lipinski definition) is 6. The molecule has 1 aromatic heterocycles. The molecule has 20 heavy (non-hydrogen) atoms. The summed E-state index contributed by atoms with van der Waals surface area (Å²) >= 11 is 6.00. The van der Waals surface area contributed by atoms with Crippen LogP contribution in [0, 0.1) is 10.1 Å². The van der Waals surface area contributed by atoms with Crippen molar-refractivity contribution < 1.29 is 9.66 Å². The van der Waals surface area contributed by atoms with Crippen molar-refractivity contribution in [2.45, 2.75) is 6.92 Å². The summed E-state index contributed by atoms with van der Waals surface area (Å²) in [6.45, 7) is 1.98. The highest BCUT2D eigenvalue weighted by molar-refractivity contribution is 6.33. The standard InChI is InChI=1S/C12H11ClN4O3/c1-2-20-12-10(17(18)19)11(14-7-15-12)16-9-6-4-3-5-8(9)13/h3-7H,2H2,1H3,(H,14,15,16). The molecular formula is C12H11ClN4O3. The molecule has 7 nitrogen and oxygen atoms in total. The molecule has 2 aromatic rings. The molecule has 0 saturated carbocycles. The Balaban J connectivity index is 2.44. The van der Waals surface area contributed by atoms with Crippen molar-refractivity contribution in [3.8, 4) is 5.88 Å². The van der Waals surface area contributed by atoms with E-state index in [2.05, 4.69) is 15.3 Å². The lowest BCUT2D eigenvalue weighted by Gasteiger charge is -2.09. The number of ether oxygens (including phenoxy) is 1. The van der Waals surface area contributed by atoms with Crippen LogP contribution in [-0.2, 0) is 0 Å². The van der Waals surface area contributed by atoms with E-state index in [0.29, 0.717) is 10.7 Å². The molecule has 0 fully saturated rings. The van der Waals surface area contributed by atoms with Crippen LogP contribution in [0.15, 0.2) is 30.6 Å². The lowest BCUT2D eigenvalue weighted by atomic mass is 10.3. The summed E-state index contributed by atoms with van der Waals surface area (Å²) in [7, 11) is 0. The summed E-state index contributed by atoms with van der Waals surface area (Å²) in [6.07, 6.45) is 1.19. The van der Waals surface area contributed by atoms with Crippen molar-refractivity contribution in [3.05, 3.63) is 45.7 Å². The van der Waals surface area contributed by atoms with Crippen molar-refractivity contribution in [2.75, 3.05) is 11.9 Å². The zero-order chi connectivity index (χ0) is 14.5. The van der Waals surface area contributed by atoms with Gasteiger partial charge in [0, 0.05) is 0 Å². The highest BCUT2D eigenvalue weighted by Crippen LogP contribution is 2.34. The highest BCUT2D eigenvalue weighted by Gasteiger charge is 2.24. The average Bonchev–Trinajstić information content (AvgIpc) is 2.41. The lowest BCUT2D eigenvalue weighted by Crippen LogP contribution is -2.05. The Morgan fingerprint density at radius 2 is 2.15 bits per heavy atom. The third kappa shape index (κ3) is 2.94. The van der Waals surface area contributed by atoms with Gasteiger partial charge in [0.2, 0.25) is 5.82 Å². The first-order chi connectivity index (χ1) is 9.63. The van der Waals surface area contributed by atoms with E-state index in [0.717, 1.165) is 0 Å². The largest absolute Gasteiger partial charge is 0.473 e. The minimum atomic E-state index is -0.593. The SMILES string of the molecule is CCOc1ncnc(Nc2ccccc2Cl)c1[N+](=O)[O-]. The van der Waals surface area contributed by atoms with E-state index in [4.69, 9.17) is 16.3 Å². The molecule has 0 radical (unpaired) electrons. The normalized spacial score (nSPS) is 10.1. The third-order valence-electron chi connectivity index (χ3n) is 2.38. The van der Waals surface area contributed by atoms with E-state index in [1.165, 1.54) is 6.33 Å². The first-order valence-corrected chi connectivity index (χ1v) is 6.15. The minimum Gasteiger partial charge on any atom is -0.473 e. The monoisotopic (exact) mass is 294 g/mol. The molecule has 2 rings (SSSR count). The summed E-state index contributed by atoms with van der Waals surface area (Å²) in [5.41, 5.74) is 0.188. The predicted molar refractivity (Wildman–Crippen MR) is 74.6 cm³/mol. The van der Waals surface area contributed by atoms with Crippen LogP contribution < -0.4 is 10.1 Å². The van der Waals surface area contributed by atoms with Gasteiger partial charge in [0.25, 0.3) is 5.88 Å². The van der Waals surface area contributed by atoms with Crippen LogP contribution in [0.1, 0.15) is 6.92 Å². The number of hydrogen-bond donors (Lipinski definition) is 1. The lowest BCUT2D eigenvalue weighted by molar-refractivity contribution is -0.385. The number of halogens is 1. The Morgan fingerprint density at radius 3 is 2.80 bits per heavy atom. The summed E-state index contributed by atoms with van der Waals surface area (Å²) in [4.78, 5) is 18.2. The molecule has 1 heterocycles. The second-order valence-electron chi connectivity index (χ2n) is 3.67. The molecule has 0 aliphatic rings. The molecule has 1 N–H and O–H groups in total. The summed E-state index contributed by atoms with van der Waals surface area (Å²) in [5.74, 6) is -0.0522. The summed E-state index contributed by atoms with van der Waals surface area (Å²) < 4.78 is 5.14. The van der Waals surface area contributed by atoms with Crippen LogP contribution in [0.25, 0.3) is 0 Å². The molecule has 104 valence electrons. The number of aromatic nitrogens is 2. The Labute approximate surface area is 119 Å². The molecule has 0 saturated heterocycles. The number of para-hydroxylation sites is 1. The maximum atomic E-state index is 11.2. The van der Waals surface area contributed by atoms with Crippen LogP contribution in [0.2, 0.25) is 5.02 Å². The number of nitrogens with one attached hydrogen (secondary N) is 1. The predicted octanol–water partition coefficient (Wildman–Crippen LogP) is 3.18. The van der Waals surface area contributed by atoms with Gasteiger partial charge in [-0.1, -0.05) is 23.7 Å². The van der Waals surface area contributed by atoms with Crippen LogP contribution >= 0.6 is 11.6 Å². The van der Waals surface area contributed by atoms with E-state index in [1.54, 1.807) is 31.2 Å². The van der Waals surface area contributed by atoms with E-state index in [1.807, 2.05) is 0 Å². The fraction of sp³-hybridized carbons (Fsp3) is 0.167. The van der Waals surface area contributed by atoms with E-state index in [9.17, 15) is 10.1 Å². The second kappa shape index (κ2) is 6.16. The molecule has 1 aromatic carbocycles. The van der Waals surface area contributed by atoms with Gasteiger partial charge in [-0.05, 0) is 19.1 Å². The van der Waals surface area contributed by atoms with Crippen LogP contribution in [0.5, 0.6) is 5.88 Å². The van der Waals surface area contributed by atoms with E-state index >= 15 is 0 Å². The van der Waals surface area contributed by atoms with Gasteiger partial charge in [-0.2, -0.15) is 4.98 Å². The number of anilines is 2. The molecule has 0 unspecified atom stereocenters.